The molecule has 2 heterocycles. The number of aryl methyl sites for hydroxylation is 3. The number of nitrogens with one attached hydrogen (secondary N) is 1. The molecule has 0 aliphatic carbocycles. The van der Waals surface area contributed by atoms with Crippen molar-refractivity contribution >= 4 is 11.6 Å². The topological polar surface area (TPSA) is 50.2 Å². The molecule has 1 aliphatic rings. The van der Waals surface area contributed by atoms with Gasteiger partial charge in [0.1, 0.15) is 5.82 Å². The summed E-state index contributed by atoms with van der Waals surface area (Å²) in [5.41, 5.74) is 3.20. The van der Waals surface area contributed by atoms with Crippen molar-refractivity contribution in [2.24, 2.45) is 5.92 Å². The Hall–Kier alpha value is -2.14. The summed E-state index contributed by atoms with van der Waals surface area (Å²) < 4.78 is 2.29. The molecule has 1 saturated heterocycles. The molecule has 0 radical (unpaired) electrons. The van der Waals surface area contributed by atoms with Crippen molar-refractivity contribution in [2.75, 3.05) is 25.0 Å². The zero-order chi connectivity index (χ0) is 18.5. The monoisotopic (exact) mass is 354 g/mol. The summed E-state index contributed by atoms with van der Waals surface area (Å²) in [6, 6.07) is 6.16. The number of amides is 1. The molecule has 0 unspecified atom stereocenters. The highest BCUT2D eigenvalue weighted by Gasteiger charge is 2.21. The van der Waals surface area contributed by atoms with Crippen LogP contribution in [0.4, 0.5) is 5.69 Å². The van der Waals surface area contributed by atoms with Crippen LogP contribution in [0.2, 0.25) is 0 Å². The number of rotatable bonds is 6. The summed E-state index contributed by atoms with van der Waals surface area (Å²) in [7, 11) is 0. The molecule has 1 aromatic heterocycles. The summed E-state index contributed by atoms with van der Waals surface area (Å²) in [5, 5.41) is 3.07. The first-order valence-electron chi connectivity index (χ1n) is 9.64. The SMILES string of the molecule is CCc1nccn1CC1CCN(CC(=O)Nc2cc(C)ccc2C)CC1. The number of hydrogen-bond donors (Lipinski definition) is 1. The van der Waals surface area contributed by atoms with Crippen LogP contribution in [0, 0.1) is 19.8 Å². The van der Waals surface area contributed by atoms with Gasteiger partial charge in [-0.15, -0.1) is 0 Å². The molecule has 140 valence electrons. The molecule has 5 nitrogen and oxygen atoms in total. The molecule has 1 aliphatic heterocycles. The number of carbonyl (C=O) groups is 1. The lowest BCUT2D eigenvalue weighted by molar-refractivity contribution is -0.117. The molecular formula is C21H30N4O. The summed E-state index contributed by atoms with van der Waals surface area (Å²) in [5.74, 6) is 1.92. The summed E-state index contributed by atoms with van der Waals surface area (Å²) in [6.07, 6.45) is 7.23. The van der Waals surface area contributed by atoms with E-state index in [-0.39, 0.29) is 5.91 Å². The van der Waals surface area contributed by atoms with Gasteiger partial charge < -0.3 is 9.88 Å². The van der Waals surface area contributed by atoms with E-state index in [1.165, 1.54) is 5.82 Å². The van der Waals surface area contributed by atoms with Crippen LogP contribution >= 0.6 is 0 Å². The number of imidazole rings is 1. The molecule has 1 N–H and O–H groups in total. The Morgan fingerprint density at radius 3 is 2.77 bits per heavy atom. The average Bonchev–Trinajstić information content (AvgIpc) is 3.07. The zero-order valence-corrected chi connectivity index (χ0v) is 16.2. The molecule has 1 amide bonds. The van der Waals surface area contributed by atoms with Crippen molar-refractivity contribution in [3.63, 3.8) is 0 Å². The first kappa shape index (κ1) is 18.6. The van der Waals surface area contributed by atoms with E-state index < -0.39 is 0 Å². The first-order chi connectivity index (χ1) is 12.5. The second kappa shape index (κ2) is 8.49. The lowest BCUT2D eigenvalue weighted by Gasteiger charge is -2.31. The van der Waals surface area contributed by atoms with Gasteiger partial charge in [0.2, 0.25) is 5.91 Å². The largest absolute Gasteiger partial charge is 0.335 e. The van der Waals surface area contributed by atoms with Crippen molar-refractivity contribution in [3.8, 4) is 0 Å². The fourth-order valence-corrected chi connectivity index (χ4v) is 3.69. The van der Waals surface area contributed by atoms with Crippen molar-refractivity contribution in [2.45, 2.75) is 46.6 Å². The smallest absolute Gasteiger partial charge is 0.238 e. The Morgan fingerprint density at radius 1 is 1.27 bits per heavy atom. The minimum absolute atomic E-state index is 0.0834. The predicted molar refractivity (Wildman–Crippen MR) is 105 cm³/mol. The molecule has 26 heavy (non-hydrogen) atoms. The third-order valence-corrected chi connectivity index (χ3v) is 5.31. The molecule has 3 rings (SSSR count). The normalized spacial score (nSPS) is 16.0. The van der Waals surface area contributed by atoms with E-state index in [2.05, 4.69) is 45.0 Å². The Morgan fingerprint density at radius 2 is 2.04 bits per heavy atom. The van der Waals surface area contributed by atoms with Gasteiger partial charge in [0.25, 0.3) is 0 Å². The lowest BCUT2D eigenvalue weighted by atomic mass is 9.96. The Bertz CT molecular complexity index is 744. The van der Waals surface area contributed by atoms with Crippen molar-refractivity contribution in [1.82, 2.24) is 14.5 Å². The van der Waals surface area contributed by atoms with Crippen molar-refractivity contribution < 1.29 is 4.79 Å². The maximum Gasteiger partial charge on any atom is 0.238 e. The van der Waals surface area contributed by atoms with Crippen molar-refractivity contribution in [1.29, 1.82) is 0 Å². The number of hydrogen-bond acceptors (Lipinski definition) is 3. The number of benzene rings is 1. The fourth-order valence-electron chi connectivity index (χ4n) is 3.69. The highest BCUT2D eigenvalue weighted by Crippen LogP contribution is 2.20. The third kappa shape index (κ3) is 4.73. The number of aromatic nitrogens is 2. The van der Waals surface area contributed by atoms with Crippen LogP contribution in [0.5, 0.6) is 0 Å². The van der Waals surface area contributed by atoms with Crippen LogP contribution in [0.15, 0.2) is 30.6 Å². The number of nitrogens with zero attached hydrogens (tertiary/aromatic N) is 3. The molecule has 1 fully saturated rings. The van der Waals surface area contributed by atoms with Gasteiger partial charge in [-0.1, -0.05) is 19.1 Å². The van der Waals surface area contributed by atoms with Gasteiger partial charge in [0.05, 0.1) is 6.54 Å². The molecular weight excluding hydrogens is 324 g/mol. The number of likely N-dealkylation sites (tertiary alicyclic amines) is 1. The van der Waals surface area contributed by atoms with E-state index in [0.29, 0.717) is 12.5 Å². The Balaban J connectivity index is 1.46. The molecule has 1 aromatic carbocycles. The van der Waals surface area contributed by atoms with Crippen LogP contribution in [0.1, 0.15) is 36.7 Å². The molecule has 0 bridgehead atoms. The second-order valence-corrected chi connectivity index (χ2v) is 7.44. The van der Waals surface area contributed by atoms with Crippen LogP contribution in [-0.2, 0) is 17.8 Å². The highest BCUT2D eigenvalue weighted by atomic mass is 16.2. The van der Waals surface area contributed by atoms with E-state index in [1.54, 1.807) is 0 Å². The van der Waals surface area contributed by atoms with Gasteiger partial charge >= 0.3 is 0 Å². The minimum Gasteiger partial charge on any atom is -0.335 e. The van der Waals surface area contributed by atoms with Gasteiger partial charge in [-0.05, 0) is 62.9 Å². The summed E-state index contributed by atoms with van der Waals surface area (Å²) in [4.78, 5) is 19.1. The molecule has 5 heteroatoms. The zero-order valence-electron chi connectivity index (χ0n) is 16.2. The van der Waals surface area contributed by atoms with Crippen LogP contribution in [0.3, 0.4) is 0 Å². The Kier molecular flexibility index (Phi) is 6.09. The average molecular weight is 354 g/mol. The molecule has 0 spiro atoms. The van der Waals surface area contributed by atoms with E-state index in [4.69, 9.17) is 0 Å². The van der Waals surface area contributed by atoms with Crippen LogP contribution in [0.25, 0.3) is 0 Å². The summed E-state index contributed by atoms with van der Waals surface area (Å²) >= 11 is 0. The predicted octanol–water partition coefficient (Wildman–Crippen LogP) is 3.41. The Labute approximate surface area is 156 Å². The minimum atomic E-state index is 0.0834. The standard InChI is InChI=1S/C21H30N4O/c1-4-20-22-9-12-25(20)14-18-7-10-24(11-8-18)15-21(26)23-19-13-16(2)5-6-17(19)3/h5-6,9,12-13,18H,4,7-8,10-11,14-15H2,1-3H3,(H,23,26). The lowest BCUT2D eigenvalue weighted by Crippen LogP contribution is -2.40. The van der Waals surface area contributed by atoms with Crippen LogP contribution < -0.4 is 5.32 Å². The molecule has 0 atom stereocenters. The first-order valence-corrected chi connectivity index (χ1v) is 9.64. The van der Waals surface area contributed by atoms with Gasteiger partial charge in [-0.3, -0.25) is 9.69 Å². The maximum absolute atomic E-state index is 12.4. The van der Waals surface area contributed by atoms with Gasteiger partial charge in [0.15, 0.2) is 0 Å². The van der Waals surface area contributed by atoms with E-state index >= 15 is 0 Å². The van der Waals surface area contributed by atoms with Crippen molar-refractivity contribution in [3.05, 3.63) is 47.5 Å². The fraction of sp³-hybridized carbons (Fsp3) is 0.524. The molecule has 2 aromatic rings. The van der Waals surface area contributed by atoms with Gasteiger partial charge in [-0.2, -0.15) is 0 Å². The van der Waals surface area contributed by atoms with E-state index in [1.807, 2.05) is 26.1 Å². The van der Waals surface area contributed by atoms with Gasteiger partial charge in [0, 0.05) is 31.0 Å². The summed E-state index contributed by atoms with van der Waals surface area (Å²) in [6.45, 7) is 9.72. The van der Waals surface area contributed by atoms with Crippen LogP contribution in [-0.4, -0.2) is 40.0 Å². The van der Waals surface area contributed by atoms with E-state index in [0.717, 1.165) is 55.7 Å². The maximum atomic E-state index is 12.4. The molecule has 0 saturated carbocycles. The third-order valence-electron chi connectivity index (χ3n) is 5.31. The number of carbonyl (C=O) groups excluding carboxylic acids is 1. The number of anilines is 1. The van der Waals surface area contributed by atoms with E-state index in [9.17, 15) is 4.79 Å². The van der Waals surface area contributed by atoms with Gasteiger partial charge in [-0.25, -0.2) is 4.98 Å². The second-order valence-electron chi connectivity index (χ2n) is 7.44. The number of piperidine rings is 1. The quantitative estimate of drug-likeness (QED) is 0.865. The highest BCUT2D eigenvalue weighted by molar-refractivity contribution is 5.93.